The van der Waals surface area contributed by atoms with Crippen LogP contribution in [0.3, 0.4) is 0 Å². The number of alkyl halides is 2. The van der Waals surface area contributed by atoms with Crippen molar-refractivity contribution in [1.29, 1.82) is 0 Å². The van der Waals surface area contributed by atoms with Gasteiger partial charge >= 0.3 is 11.9 Å². The Labute approximate surface area is 166 Å². The summed E-state index contributed by atoms with van der Waals surface area (Å²) in [6, 6.07) is 13.7. The lowest BCUT2D eigenvalue weighted by Crippen LogP contribution is -2.27. The van der Waals surface area contributed by atoms with Crippen molar-refractivity contribution < 1.29 is 19.4 Å². The molecule has 140 valence electrons. The number of carbonyl (C=O) groups excluding carboxylic acids is 1. The van der Waals surface area contributed by atoms with Crippen LogP contribution < -0.4 is 4.90 Å². The first-order valence-corrected chi connectivity index (χ1v) is 9.40. The van der Waals surface area contributed by atoms with Gasteiger partial charge in [-0.1, -0.05) is 30.3 Å². The van der Waals surface area contributed by atoms with Gasteiger partial charge in [0.25, 0.3) is 0 Å². The molecule has 5 nitrogen and oxygen atoms in total. The number of hydrogen-bond acceptors (Lipinski definition) is 4. The first-order chi connectivity index (χ1) is 13.1. The number of carboxylic acid groups (broad SMARTS) is 1. The van der Waals surface area contributed by atoms with Crippen molar-refractivity contribution in [3.05, 3.63) is 65.2 Å². The Hall–Kier alpha value is -2.50. The van der Waals surface area contributed by atoms with Crippen LogP contribution in [0, 0.1) is 0 Å². The van der Waals surface area contributed by atoms with Gasteiger partial charge in [-0.05, 0) is 23.8 Å². The molecular weight excluding hydrogens is 389 g/mol. The van der Waals surface area contributed by atoms with Gasteiger partial charge in [0.1, 0.15) is 5.57 Å². The highest BCUT2D eigenvalue weighted by atomic mass is 35.5. The van der Waals surface area contributed by atoms with E-state index in [4.69, 9.17) is 27.9 Å². The van der Waals surface area contributed by atoms with Crippen LogP contribution in [0.15, 0.2) is 48.5 Å². The Morgan fingerprint density at radius 3 is 2.11 bits per heavy atom. The van der Waals surface area contributed by atoms with Crippen LogP contribution in [0.1, 0.15) is 21.5 Å². The molecule has 0 radical (unpaired) electrons. The van der Waals surface area contributed by atoms with E-state index in [1.807, 2.05) is 4.90 Å². The third kappa shape index (κ3) is 3.94. The van der Waals surface area contributed by atoms with Crippen molar-refractivity contribution in [2.24, 2.45) is 0 Å². The molecule has 0 aliphatic carbocycles. The van der Waals surface area contributed by atoms with Gasteiger partial charge in [-0.25, -0.2) is 9.59 Å². The smallest absolute Gasteiger partial charge is 0.344 e. The van der Waals surface area contributed by atoms with E-state index >= 15 is 0 Å². The molecule has 1 N–H and O–H groups in total. The molecule has 0 amide bonds. The van der Waals surface area contributed by atoms with Gasteiger partial charge in [0.15, 0.2) is 5.76 Å². The zero-order valence-electron chi connectivity index (χ0n) is 14.3. The van der Waals surface area contributed by atoms with Crippen molar-refractivity contribution in [1.82, 2.24) is 0 Å². The summed E-state index contributed by atoms with van der Waals surface area (Å²) in [5.74, 6) is -0.743. The van der Waals surface area contributed by atoms with E-state index in [2.05, 4.69) is 0 Å². The predicted molar refractivity (Wildman–Crippen MR) is 106 cm³/mol. The van der Waals surface area contributed by atoms with Gasteiger partial charge in [-0.15, -0.1) is 23.2 Å². The Kier molecular flexibility index (Phi) is 6.04. The molecule has 0 saturated carbocycles. The maximum Gasteiger partial charge on any atom is 0.344 e. The molecule has 1 aliphatic rings. The maximum absolute atomic E-state index is 12.0. The normalized spacial score (nSPS) is 14.5. The molecule has 2 aromatic carbocycles. The number of carbonyl (C=O) groups is 2. The van der Waals surface area contributed by atoms with Crippen molar-refractivity contribution in [3.63, 3.8) is 0 Å². The summed E-state index contributed by atoms with van der Waals surface area (Å²) in [5, 5.41) is 9.75. The lowest BCUT2D eigenvalue weighted by atomic mass is 9.99. The summed E-state index contributed by atoms with van der Waals surface area (Å²) in [4.78, 5) is 26.0. The largest absolute Gasteiger partial charge is 0.478 e. The number of anilines is 1. The molecule has 2 aromatic rings. The molecular formula is C20H17Cl2NO4. The third-order valence-electron chi connectivity index (χ3n) is 4.26. The van der Waals surface area contributed by atoms with Gasteiger partial charge in [-0.3, -0.25) is 0 Å². The number of rotatable bonds is 7. The number of esters is 1. The van der Waals surface area contributed by atoms with Crippen molar-refractivity contribution in [2.75, 3.05) is 29.7 Å². The molecule has 7 heteroatoms. The van der Waals surface area contributed by atoms with Crippen LogP contribution in [0.25, 0.3) is 11.3 Å². The average molecular weight is 406 g/mol. The van der Waals surface area contributed by atoms with Crippen LogP contribution in [-0.2, 0) is 9.53 Å². The number of benzene rings is 2. The zero-order chi connectivity index (χ0) is 19.4. The van der Waals surface area contributed by atoms with E-state index in [-0.39, 0.29) is 11.3 Å². The van der Waals surface area contributed by atoms with E-state index in [0.29, 0.717) is 41.5 Å². The van der Waals surface area contributed by atoms with Crippen molar-refractivity contribution >= 4 is 52.2 Å². The van der Waals surface area contributed by atoms with Crippen molar-refractivity contribution in [2.45, 2.75) is 0 Å². The third-order valence-corrected chi connectivity index (χ3v) is 4.60. The number of fused-ring (bicyclic) bond motifs is 1. The molecule has 0 spiro atoms. The van der Waals surface area contributed by atoms with Crippen LogP contribution in [-0.4, -0.2) is 41.9 Å². The quantitative estimate of drug-likeness (QED) is 0.426. The van der Waals surface area contributed by atoms with Crippen LogP contribution in [0.5, 0.6) is 0 Å². The second-order valence-electron chi connectivity index (χ2n) is 5.86. The molecule has 0 fully saturated rings. The highest BCUT2D eigenvalue weighted by Gasteiger charge is 2.31. The highest BCUT2D eigenvalue weighted by molar-refractivity contribution is 6.25. The molecule has 0 unspecified atom stereocenters. The summed E-state index contributed by atoms with van der Waals surface area (Å²) in [7, 11) is 0. The SMILES string of the molecule is O=C(O)/C(=C1\OC(=O)c2ccccc21)c1ccc(N(CCCl)CCCl)cc1. The summed E-state index contributed by atoms with van der Waals surface area (Å²) in [6.07, 6.45) is 0. The molecule has 0 bridgehead atoms. The molecule has 0 aromatic heterocycles. The van der Waals surface area contributed by atoms with Crippen LogP contribution in [0.2, 0.25) is 0 Å². The number of hydrogen-bond donors (Lipinski definition) is 1. The molecule has 1 aliphatic heterocycles. The van der Waals surface area contributed by atoms with E-state index in [1.54, 1.807) is 48.5 Å². The Bertz CT molecular complexity index is 887. The number of nitrogens with zero attached hydrogens (tertiary/aromatic N) is 1. The van der Waals surface area contributed by atoms with E-state index in [1.165, 1.54) is 0 Å². The Morgan fingerprint density at radius 2 is 1.56 bits per heavy atom. The fourth-order valence-electron chi connectivity index (χ4n) is 3.01. The van der Waals surface area contributed by atoms with Gasteiger partial charge < -0.3 is 14.7 Å². The zero-order valence-corrected chi connectivity index (χ0v) is 15.8. The summed E-state index contributed by atoms with van der Waals surface area (Å²) >= 11 is 11.7. The second kappa shape index (κ2) is 8.46. The summed E-state index contributed by atoms with van der Waals surface area (Å²) < 4.78 is 5.28. The highest BCUT2D eigenvalue weighted by Crippen LogP contribution is 2.36. The fraction of sp³-hybridized carbons (Fsp3) is 0.200. The first-order valence-electron chi connectivity index (χ1n) is 8.33. The summed E-state index contributed by atoms with van der Waals surface area (Å²) in [6.45, 7) is 1.26. The monoisotopic (exact) mass is 405 g/mol. The Morgan fingerprint density at radius 1 is 0.963 bits per heavy atom. The number of aliphatic carboxylic acids is 1. The van der Waals surface area contributed by atoms with Gasteiger partial charge in [0, 0.05) is 36.1 Å². The van der Waals surface area contributed by atoms with Crippen molar-refractivity contribution in [3.8, 4) is 0 Å². The summed E-state index contributed by atoms with van der Waals surface area (Å²) in [5.41, 5.74) is 2.12. The molecule has 1 heterocycles. The lowest BCUT2D eigenvalue weighted by molar-refractivity contribution is -0.130. The Balaban J connectivity index is 2.03. The molecule has 0 atom stereocenters. The minimum absolute atomic E-state index is 0.0545. The van der Waals surface area contributed by atoms with Crippen LogP contribution >= 0.6 is 23.2 Å². The van der Waals surface area contributed by atoms with E-state index in [0.717, 1.165) is 5.69 Å². The number of cyclic esters (lactones) is 1. The van der Waals surface area contributed by atoms with E-state index in [9.17, 15) is 14.7 Å². The fourth-order valence-corrected chi connectivity index (χ4v) is 3.42. The number of ether oxygens (including phenoxy) is 1. The van der Waals surface area contributed by atoms with Gasteiger partial charge in [0.2, 0.25) is 0 Å². The molecule has 3 rings (SSSR count). The molecule has 0 saturated heterocycles. The minimum atomic E-state index is -1.17. The predicted octanol–water partition coefficient (Wildman–Crippen LogP) is 4.09. The van der Waals surface area contributed by atoms with E-state index < -0.39 is 11.9 Å². The lowest BCUT2D eigenvalue weighted by Gasteiger charge is -2.23. The van der Waals surface area contributed by atoms with Gasteiger partial charge in [-0.2, -0.15) is 0 Å². The average Bonchev–Trinajstić information content (AvgIpc) is 2.99. The molecule has 27 heavy (non-hydrogen) atoms. The van der Waals surface area contributed by atoms with Gasteiger partial charge in [0.05, 0.1) is 5.56 Å². The van der Waals surface area contributed by atoms with Crippen LogP contribution in [0.4, 0.5) is 5.69 Å². The number of halogens is 2. The second-order valence-corrected chi connectivity index (χ2v) is 6.61. The minimum Gasteiger partial charge on any atom is -0.478 e. The number of carboxylic acids is 1. The first kappa shape index (κ1) is 19.3. The topological polar surface area (TPSA) is 66.8 Å². The standard InChI is InChI=1S/C20H17Cl2NO4/c21-9-11-23(12-10-22)14-7-5-13(6-8-14)17(19(24)25)18-15-3-1-2-4-16(15)20(26)27-18/h1-8H,9-12H2,(H,24,25)/b18-17-. The maximum atomic E-state index is 12.0.